The zero-order chi connectivity index (χ0) is 96.8. The molecule has 0 spiro atoms. The quantitative estimate of drug-likeness (QED) is 0.0915. The minimum absolute atomic E-state index is 0.0121. The second-order valence-corrected chi connectivity index (χ2v) is 42.4. The first-order valence-corrected chi connectivity index (χ1v) is 49.7. The van der Waals surface area contributed by atoms with Gasteiger partial charge in [-0.2, -0.15) is 22.5 Å². The highest BCUT2D eigenvalue weighted by Crippen LogP contribution is 2.55. The summed E-state index contributed by atoms with van der Waals surface area (Å²) in [5.41, 5.74) is 41.3. The van der Waals surface area contributed by atoms with Crippen molar-refractivity contribution in [2.24, 2.45) is 41.2 Å². The topological polar surface area (TPSA) is 43.8 Å². The molecule has 0 amide bonds. The largest absolute Gasteiger partial charge is 0.295 e. The fraction of sp³-hybridized carbons (Fsp3) is 0.283. The van der Waals surface area contributed by atoms with Gasteiger partial charge in [-0.1, -0.05) is 366 Å². The smallest absolute Gasteiger partial charge is 0.229 e. The molecule has 13 aromatic carbocycles. The van der Waals surface area contributed by atoms with Crippen LogP contribution in [0.5, 0.6) is 0 Å². The Morgan fingerprint density at radius 1 is 0.343 bits per heavy atom. The predicted octanol–water partition coefficient (Wildman–Crippen LogP) is 29.3. The van der Waals surface area contributed by atoms with Gasteiger partial charge in [0, 0.05) is 101 Å². The molecule has 0 saturated heterocycles. The second-order valence-electron chi connectivity index (χ2n) is 42.4. The van der Waals surface area contributed by atoms with E-state index in [1.165, 1.54) is 223 Å². The van der Waals surface area contributed by atoms with Crippen molar-refractivity contribution in [1.29, 1.82) is 0 Å². The number of hydrogen-bond donors (Lipinski definition) is 0. The van der Waals surface area contributed by atoms with Crippen molar-refractivity contribution in [2.75, 3.05) is 0 Å². The van der Waals surface area contributed by atoms with E-state index < -0.39 is 0 Å². The van der Waals surface area contributed by atoms with Gasteiger partial charge < -0.3 is 0 Å². The second kappa shape index (κ2) is 35.1. The SMILES string of the molecule is CC(C)c1cccc(C(C)C)c1-n1c(C2=CC=C[C@H]2C)[n+](C)c2ccccc21.Cc1cccc2c3cccc4c3[n+]3c(c(C)n(C)c3c12)C(C)(C)C4(C)C.Cc1cccc2c3cccc4c3n3c(c(-c5ccccc5)[n+](C)c3c12)C(C)(C)C4(C)C.Cc1ccccc1-c1n(-c2c(C(C)C)cccc2C(C)C)c2ccccc2[n+]1C.Cc1ccccc1-c1n(-c2ccccc2)c2ccccc2[n+]1C. The number of hydrogen-bond acceptors (Lipinski definition) is 0. The zero-order valence-corrected chi connectivity index (χ0v) is 85.8. The summed E-state index contributed by atoms with van der Waals surface area (Å²) in [6.45, 7) is 51.1. The van der Waals surface area contributed by atoms with Crippen molar-refractivity contribution in [3.8, 4) is 51.1 Å². The van der Waals surface area contributed by atoms with Crippen molar-refractivity contribution in [3.63, 3.8) is 0 Å². The first-order valence-electron chi connectivity index (χ1n) is 49.7. The summed E-state index contributed by atoms with van der Waals surface area (Å²) in [5, 5.41) is 8.17. The summed E-state index contributed by atoms with van der Waals surface area (Å²) in [6.07, 6.45) is 6.76. The van der Waals surface area contributed by atoms with E-state index in [0.29, 0.717) is 29.6 Å². The highest BCUT2D eigenvalue weighted by molar-refractivity contribution is 6.14. The van der Waals surface area contributed by atoms with E-state index >= 15 is 0 Å². The molecule has 690 valence electrons. The summed E-state index contributed by atoms with van der Waals surface area (Å²) >= 11 is 0. The van der Waals surface area contributed by atoms with Crippen LogP contribution in [0, 0.1) is 40.5 Å². The average molecular weight is 1800 g/mol. The van der Waals surface area contributed by atoms with Gasteiger partial charge in [-0.15, -0.1) is 0 Å². The third kappa shape index (κ3) is 14.5. The van der Waals surface area contributed by atoms with Crippen molar-refractivity contribution in [3.05, 3.63) is 388 Å². The first-order chi connectivity index (χ1) is 65.6. The summed E-state index contributed by atoms with van der Waals surface area (Å²) in [6, 6.07) is 106. The molecular formula is C127H137N10+5. The molecule has 0 radical (unpaired) electrons. The number of aromatic nitrogens is 10. The summed E-state index contributed by atoms with van der Waals surface area (Å²) < 4.78 is 24.4. The molecule has 23 rings (SSSR count). The van der Waals surface area contributed by atoms with Crippen molar-refractivity contribution in [1.82, 2.24) is 22.7 Å². The molecule has 0 unspecified atom stereocenters. The standard InChI is InChI=1S/C29H29N2.C27H31N2.C26H31N2.C24H27N2.C21H19N2/c1-18-12-10-15-20-21-16-11-17-22-25(21)31-26(29(4,5)28(22,2)3)24(19-13-8-7-9-14-19)30(6)27(31)23(18)20;1-18(2)21-14-11-15-22(19(3)4)26(21)29-25-17-10-9-16-24(25)28(6)27(29)23-13-8-7-12-20(23)5;1-17(2)20-12-10-13-21(18(3)4)25(20)28-24-16-8-7-15-23(24)27(6)26(28)22-14-9-11-19(22)5;1-14-10-8-11-16-17-12-9-13-18-20(17)26-21(24(5,6)23(18,3)4)15(2)25(7)22(26)19(14)16;1-16-10-6-7-13-18(16)21-22(2)19-14-8-9-15-20(19)23(21)17-11-4-3-5-12-17/h7-17H,1-6H3;7-19H,1-6H3;7-19H,1-6H3;8-13H,1-7H3;3-15H,1-2H3/q5*+1/t;;19-;;/m..1../s1. The van der Waals surface area contributed by atoms with Crippen molar-refractivity contribution in [2.45, 2.75) is 198 Å². The third-order valence-corrected chi connectivity index (χ3v) is 32.1. The molecule has 2 aliphatic heterocycles. The highest BCUT2D eigenvalue weighted by Gasteiger charge is 2.54. The number of para-hydroxylation sites is 11. The Bertz CT molecular complexity index is 8220. The molecule has 0 saturated carbocycles. The van der Waals surface area contributed by atoms with Gasteiger partial charge in [-0.3, -0.25) is 0 Å². The summed E-state index contributed by atoms with van der Waals surface area (Å²) in [5.74, 6) is 5.95. The van der Waals surface area contributed by atoms with Gasteiger partial charge in [0.1, 0.15) is 33.8 Å². The molecule has 0 N–H and O–H groups in total. The maximum Gasteiger partial charge on any atom is 0.295 e. The Morgan fingerprint density at radius 3 is 1.22 bits per heavy atom. The lowest BCUT2D eigenvalue weighted by molar-refractivity contribution is -0.648. The number of nitrogens with zero attached hydrogens (tertiary/aromatic N) is 10. The van der Waals surface area contributed by atoms with Gasteiger partial charge in [0.05, 0.1) is 57.1 Å². The molecule has 137 heavy (non-hydrogen) atoms. The van der Waals surface area contributed by atoms with Gasteiger partial charge in [0.25, 0.3) is 28.8 Å². The van der Waals surface area contributed by atoms with E-state index in [9.17, 15) is 0 Å². The summed E-state index contributed by atoms with van der Waals surface area (Å²) in [7, 11) is 11.0. The Kier molecular flexibility index (Phi) is 23.6. The average Bonchev–Trinajstić information content (AvgIpc) is 1.54. The fourth-order valence-electron chi connectivity index (χ4n) is 23.5. The molecule has 0 bridgehead atoms. The Morgan fingerprint density at radius 2 is 0.730 bits per heavy atom. The van der Waals surface area contributed by atoms with Crippen molar-refractivity contribution >= 4 is 93.3 Å². The molecule has 9 heterocycles. The molecule has 20 aromatic rings. The number of aryl methyl sites for hydroxylation is 9. The van der Waals surface area contributed by atoms with Gasteiger partial charge in [0.15, 0.2) is 50.2 Å². The highest BCUT2D eigenvalue weighted by atomic mass is 15.2. The number of pyridine rings is 2. The molecule has 1 aliphatic carbocycles. The minimum Gasteiger partial charge on any atom is -0.229 e. The van der Waals surface area contributed by atoms with E-state index in [0.717, 1.165) is 0 Å². The zero-order valence-electron chi connectivity index (χ0n) is 85.8. The van der Waals surface area contributed by atoms with Gasteiger partial charge >= 0.3 is 0 Å². The number of allylic oxidation sites excluding steroid dienone is 4. The minimum atomic E-state index is -0.0556. The van der Waals surface area contributed by atoms with Gasteiger partial charge in [0.2, 0.25) is 0 Å². The number of fused-ring (bicyclic) bond motifs is 9. The molecule has 0 fully saturated rings. The molecule has 10 nitrogen and oxygen atoms in total. The Hall–Kier alpha value is -13.8. The molecule has 1 atom stereocenters. The van der Waals surface area contributed by atoms with E-state index in [-0.39, 0.29) is 21.7 Å². The number of benzene rings is 13. The van der Waals surface area contributed by atoms with Crippen LogP contribution in [0.15, 0.2) is 309 Å². The van der Waals surface area contributed by atoms with Crippen LogP contribution in [0.2, 0.25) is 0 Å². The van der Waals surface area contributed by atoms with Crippen LogP contribution in [0.3, 0.4) is 0 Å². The molecular weight excluding hydrogens is 1670 g/mol. The molecule has 3 aliphatic rings. The summed E-state index contributed by atoms with van der Waals surface area (Å²) in [4.78, 5) is 0. The van der Waals surface area contributed by atoms with Crippen LogP contribution in [0.25, 0.3) is 144 Å². The van der Waals surface area contributed by atoms with Crippen LogP contribution in [0.4, 0.5) is 0 Å². The lowest BCUT2D eigenvalue weighted by Gasteiger charge is -2.43. The van der Waals surface area contributed by atoms with Gasteiger partial charge in [-0.05, 0) is 134 Å². The van der Waals surface area contributed by atoms with Crippen LogP contribution in [0.1, 0.15) is 220 Å². The van der Waals surface area contributed by atoms with Crippen LogP contribution >= 0.6 is 0 Å². The van der Waals surface area contributed by atoms with Crippen LogP contribution < -0.4 is 22.7 Å². The van der Waals surface area contributed by atoms with E-state index in [1.807, 2.05) is 0 Å². The lowest BCUT2D eigenvalue weighted by Crippen LogP contribution is -2.51. The fourth-order valence-corrected chi connectivity index (χ4v) is 23.5. The normalized spacial score (nSPS) is 14.8. The maximum absolute atomic E-state index is 2.59. The van der Waals surface area contributed by atoms with E-state index in [2.05, 4.69) is 542 Å². The molecule has 10 heteroatoms. The number of rotatable bonds is 11. The maximum atomic E-state index is 2.59. The van der Waals surface area contributed by atoms with Gasteiger partial charge in [-0.25, -0.2) is 22.8 Å². The van der Waals surface area contributed by atoms with Crippen LogP contribution in [-0.4, -0.2) is 22.7 Å². The van der Waals surface area contributed by atoms with Crippen LogP contribution in [-0.2, 0) is 56.9 Å². The van der Waals surface area contributed by atoms with E-state index in [1.54, 1.807) is 0 Å². The Balaban J connectivity index is 0.000000110. The first kappa shape index (κ1) is 92.2. The predicted molar refractivity (Wildman–Crippen MR) is 575 cm³/mol. The monoisotopic (exact) mass is 1800 g/mol. The van der Waals surface area contributed by atoms with Crippen molar-refractivity contribution < 1.29 is 22.7 Å². The third-order valence-electron chi connectivity index (χ3n) is 32.1. The number of imidazole rings is 5. The van der Waals surface area contributed by atoms with E-state index in [4.69, 9.17) is 0 Å². The lowest BCUT2D eigenvalue weighted by atomic mass is 9.60. The molecule has 7 aromatic heterocycles. The Labute approximate surface area is 811 Å².